The van der Waals surface area contributed by atoms with Crippen molar-refractivity contribution in [1.82, 2.24) is 24.8 Å². The predicted molar refractivity (Wildman–Crippen MR) is 160 cm³/mol. The lowest BCUT2D eigenvalue weighted by atomic mass is 10.0. The molecular formula is C28H37N9O2S. The van der Waals surface area contributed by atoms with E-state index in [1.54, 1.807) is 25.3 Å². The lowest BCUT2D eigenvalue weighted by Gasteiger charge is -2.43. The van der Waals surface area contributed by atoms with Crippen LogP contribution in [-0.2, 0) is 0 Å². The monoisotopic (exact) mass is 563 g/mol. The predicted octanol–water partition coefficient (Wildman–Crippen LogP) is 3.57. The van der Waals surface area contributed by atoms with Crippen LogP contribution < -0.4 is 24.8 Å². The lowest BCUT2D eigenvalue weighted by molar-refractivity contribution is 0.0990. The minimum Gasteiger partial charge on any atom is -0.494 e. The molecule has 0 radical (unpaired) electrons. The number of hydrogen-bond acceptors (Lipinski definition) is 11. The third kappa shape index (κ3) is 4.95. The number of anilines is 6. The number of amides is 1. The second-order valence-electron chi connectivity index (χ2n) is 10.8. The Balaban J connectivity index is 1.18. The van der Waals surface area contributed by atoms with Crippen LogP contribution in [0.1, 0.15) is 28.3 Å². The zero-order valence-corrected chi connectivity index (χ0v) is 24.7. The standard InChI is InChI=1S/C28H37N9O2S/c1-18-30-24-26(38)34(3)22-17-29-28(32-25(22)35(4)27(24)40-18)31-21-7-6-20(16-23(21)39-5)37-14-12-36(13-15-37)19-8-10-33(2)11-9-19/h6-7,16-17,19H,8-15H2,1-5H3,(H,29,31,32). The second-order valence-corrected chi connectivity index (χ2v) is 12.0. The Morgan fingerprint density at radius 2 is 1.75 bits per heavy atom. The number of piperidine rings is 1. The van der Waals surface area contributed by atoms with E-state index in [0.717, 1.165) is 53.3 Å². The smallest absolute Gasteiger partial charge is 0.279 e. The van der Waals surface area contributed by atoms with Gasteiger partial charge in [-0.15, -0.1) is 11.3 Å². The number of benzene rings is 1. The Bertz CT molecular complexity index is 1400. The molecule has 2 aromatic heterocycles. The molecule has 3 aliphatic heterocycles. The molecule has 12 heteroatoms. The Morgan fingerprint density at radius 3 is 2.48 bits per heavy atom. The normalized spacial score (nSPS) is 18.9. The molecule has 3 aromatic rings. The van der Waals surface area contributed by atoms with Crippen molar-refractivity contribution in [3.8, 4) is 5.75 Å². The third-order valence-corrected chi connectivity index (χ3v) is 9.32. The van der Waals surface area contributed by atoms with Crippen molar-refractivity contribution < 1.29 is 9.53 Å². The van der Waals surface area contributed by atoms with Crippen LogP contribution in [0.25, 0.3) is 0 Å². The molecule has 1 N–H and O–H groups in total. The fraction of sp³-hybridized carbons (Fsp3) is 0.500. The zero-order chi connectivity index (χ0) is 28.0. The van der Waals surface area contributed by atoms with Crippen molar-refractivity contribution in [1.29, 1.82) is 0 Å². The van der Waals surface area contributed by atoms with Crippen LogP contribution in [-0.4, -0.2) is 104 Å². The number of carbonyl (C=O) groups excluding carboxylic acids is 1. The Hall–Kier alpha value is -3.48. The number of aromatic nitrogens is 3. The summed E-state index contributed by atoms with van der Waals surface area (Å²) < 4.78 is 5.78. The van der Waals surface area contributed by atoms with Crippen molar-refractivity contribution >= 4 is 51.1 Å². The molecule has 0 aliphatic carbocycles. The number of methoxy groups -OCH3 is 1. The summed E-state index contributed by atoms with van der Waals surface area (Å²) in [7, 11) is 7.53. The lowest BCUT2D eigenvalue weighted by Crippen LogP contribution is -2.53. The Morgan fingerprint density at radius 1 is 1.00 bits per heavy atom. The molecule has 0 unspecified atom stereocenters. The van der Waals surface area contributed by atoms with Crippen LogP contribution >= 0.6 is 11.3 Å². The van der Waals surface area contributed by atoms with Gasteiger partial charge in [-0.05, 0) is 52.0 Å². The van der Waals surface area contributed by atoms with Crippen LogP contribution in [0.3, 0.4) is 0 Å². The van der Waals surface area contributed by atoms with E-state index in [1.807, 2.05) is 24.9 Å². The summed E-state index contributed by atoms with van der Waals surface area (Å²) in [4.78, 5) is 37.8. The maximum atomic E-state index is 13.0. The zero-order valence-electron chi connectivity index (χ0n) is 23.8. The van der Waals surface area contributed by atoms with Crippen molar-refractivity contribution in [2.45, 2.75) is 25.8 Å². The highest BCUT2D eigenvalue weighted by Crippen LogP contribution is 2.41. The molecule has 2 fully saturated rings. The highest BCUT2D eigenvalue weighted by Gasteiger charge is 2.32. The van der Waals surface area contributed by atoms with E-state index in [-0.39, 0.29) is 5.91 Å². The van der Waals surface area contributed by atoms with Gasteiger partial charge in [0.1, 0.15) is 16.4 Å². The number of piperazine rings is 1. The maximum absolute atomic E-state index is 13.0. The molecule has 5 heterocycles. The largest absolute Gasteiger partial charge is 0.494 e. The number of nitrogens with one attached hydrogen (secondary N) is 1. The summed E-state index contributed by atoms with van der Waals surface area (Å²) in [6, 6.07) is 6.95. The average Bonchev–Trinajstić information content (AvgIpc) is 3.35. The molecule has 2 saturated heterocycles. The first-order chi connectivity index (χ1) is 19.3. The van der Waals surface area contributed by atoms with Crippen LogP contribution in [0, 0.1) is 6.92 Å². The summed E-state index contributed by atoms with van der Waals surface area (Å²) in [6.45, 7) is 8.49. The summed E-state index contributed by atoms with van der Waals surface area (Å²) >= 11 is 1.48. The van der Waals surface area contributed by atoms with Gasteiger partial charge >= 0.3 is 0 Å². The first-order valence-corrected chi connectivity index (χ1v) is 14.6. The number of rotatable bonds is 5. The number of ether oxygens (including phenoxy) is 1. The van der Waals surface area contributed by atoms with E-state index in [1.165, 1.54) is 37.3 Å². The van der Waals surface area contributed by atoms with Gasteiger partial charge in [-0.3, -0.25) is 9.69 Å². The number of thiazole rings is 1. The summed E-state index contributed by atoms with van der Waals surface area (Å²) in [5, 5.41) is 4.94. The molecule has 212 valence electrons. The molecule has 0 bridgehead atoms. The molecule has 0 saturated carbocycles. The van der Waals surface area contributed by atoms with Gasteiger partial charge < -0.3 is 29.7 Å². The molecule has 6 rings (SSSR count). The quantitative estimate of drug-likeness (QED) is 0.497. The highest BCUT2D eigenvalue weighted by molar-refractivity contribution is 7.16. The molecule has 3 aliphatic rings. The number of likely N-dealkylation sites (tertiary alicyclic amines) is 1. The topological polar surface area (TPSA) is 93.2 Å². The first-order valence-electron chi connectivity index (χ1n) is 13.8. The average molecular weight is 564 g/mol. The van der Waals surface area contributed by atoms with Crippen molar-refractivity contribution in [3.63, 3.8) is 0 Å². The van der Waals surface area contributed by atoms with Gasteiger partial charge in [0.25, 0.3) is 5.91 Å². The maximum Gasteiger partial charge on any atom is 0.279 e. The van der Waals surface area contributed by atoms with Crippen molar-refractivity contribution in [2.24, 2.45) is 0 Å². The van der Waals surface area contributed by atoms with E-state index < -0.39 is 0 Å². The van der Waals surface area contributed by atoms with Gasteiger partial charge in [0.15, 0.2) is 11.5 Å². The highest BCUT2D eigenvalue weighted by atomic mass is 32.1. The van der Waals surface area contributed by atoms with Gasteiger partial charge in [-0.25, -0.2) is 9.97 Å². The molecule has 0 spiro atoms. The number of carbonyl (C=O) groups is 1. The van der Waals surface area contributed by atoms with Crippen molar-refractivity contribution in [3.05, 3.63) is 35.1 Å². The molecule has 11 nitrogen and oxygen atoms in total. The van der Waals surface area contributed by atoms with Crippen LogP contribution in [0.5, 0.6) is 5.75 Å². The molecule has 1 aromatic carbocycles. The summed E-state index contributed by atoms with van der Waals surface area (Å²) in [5.41, 5.74) is 3.00. The Labute approximate surface area is 239 Å². The van der Waals surface area contributed by atoms with Crippen LogP contribution in [0.15, 0.2) is 24.4 Å². The van der Waals surface area contributed by atoms with Crippen molar-refractivity contribution in [2.75, 3.05) is 87.5 Å². The number of aryl methyl sites for hydroxylation is 1. The van der Waals surface area contributed by atoms with E-state index in [0.29, 0.717) is 29.2 Å². The van der Waals surface area contributed by atoms with E-state index in [4.69, 9.17) is 9.72 Å². The fourth-order valence-electron chi connectivity index (χ4n) is 5.86. The van der Waals surface area contributed by atoms with Crippen LogP contribution in [0.4, 0.5) is 33.8 Å². The van der Waals surface area contributed by atoms with E-state index in [9.17, 15) is 4.79 Å². The second kappa shape index (κ2) is 10.8. The van der Waals surface area contributed by atoms with E-state index in [2.05, 4.69) is 49.2 Å². The number of hydrogen-bond donors (Lipinski definition) is 1. The SMILES string of the molecule is COc1cc(N2CCN(C3CCN(C)CC3)CC2)ccc1Nc1ncc2c(n1)N(C)c1sc(C)nc1C(=O)N2C. The van der Waals surface area contributed by atoms with Gasteiger partial charge in [0.05, 0.1) is 24.0 Å². The Kier molecular flexibility index (Phi) is 7.24. The first kappa shape index (κ1) is 26.7. The fourth-order valence-corrected chi connectivity index (χ4v) is 6.73. The van der Waals surface area contributed by atoms with Gasteiger partial charge in [0, 0.05) is 58.1 Å². The number of fused-ring (bicyclic) bond motifs is 2. The molecule has 1 amide bonds. The van der Waals surface area contributed by atoms with Gasteiger partial charge in [-0.1, -0.05) is 0 Å². The number of nitrogens with zero attached hydrogens (tertiary/aromatic N) is 8. The van der Waals surface area contributed by atoms with Gasteiger partial charge in [0.2, 0.25) is 5.95 Å². The summed E-state index contributed by atoms with van der Waals surface area (Å²) in [5.74, 6) is 1.62. The molecule has 0 atom stereocenters. The molecular weight excluding hydrogens is 526 g/mol. The van der Waals surface area contributed by atoms with Crippen LogP contribution in [0.2, 0.25) is 0 Å². The minimum atomic E-state index is -0.168. The molecule has 40 heavy (non-hydrogen) atoms. The third-order valence-electron chi connectivity index (χ3n) is 8.27. The van der Waals surface area contributed by atoms with Gasteiger partial charge in [-0.2, -0.15) is 4.98 Å². The van der Waals surface area contributed by atoms with E-state index >= 15 is 0 Å². The summed E-state index contributed by atoms with van der Waals surface area (Å²) in [6.07, 6.45) is 4.21. The minimum absolute atomic E-state index is 0.168.